The fraction of sp³-hybridized carbons (Fsp3) is 0.692. The highest BCUT2D eigenvalue weighted by atomic mass is 127. The van der Waals surface area contributed by atoms with Crippen LogP contribution in [-0.2, 0) is 0 Å². The number of rotatable bonds is 2. The summed E-state index contributed by atoms with van der Waals surface area (Å²) >= 11 is 12.5. The fourth-order valence-electron chi connectivity index (χ4n) is 1.90. The molecule has 0 amide bonds. The lowest BCUT2D eigenvalue weighted by Crippen LogP contribution is -2.23. The Morgan fingerprint density at radius 1 is 1.26 bits per heavy atom. The molecule has 1 aromatic rings. The minimum Gasteiger partial charge on any atom is -0.235 e. The third-order valence-corrected chi connectivity index (χ3v) is 8.28. The molecule has 0 bridgehead atoms. The van der Waals surface area contributed by atoms with E-state index in [-0.39, 0.29) is 0 Å². The minimum absolute atomic E-state index is 0.364. The summed E-state index contributed by atoms with van der Waals surface area (Å²) in [6.45, 7) is 8.88. The predicted molar refractivity (Wildman–Crippen MR) is 95.6 cm³/mol. The van der Waals surface area contributed by atoms with Crippen molar-refractivity contribution < 1.29 is 0 Å². The van der Waals surface area contributed by atoms with Crippen LogP contribution in [0.15, 0.2) is 0 Å². The zero-order valence-electron chi connectivity index (χ0n) is 11.5. The number of thioether (sulfide) groups is 2. The van der Waals surface area contributed by atoms with E-state index in [9.17, 15) is 0 Å². The van der Waals surface area contributed by atoms with Crippen LogP contribution in [-0.4, -0.2) is 26.2 Å². The lowest BCUT2D eigenvalue weighted by molar-refractivity contribution is 0.770. The van der Waals surface area contributed by atoms with Crippen molar-refractivity contribution in [1.29, 1.82) is 0 Å². The van der Waals surface area contributed by atoms with E-state index in [2.05, 4.69) is 55.3 Å². The van der Waals surface area contributed by atoms with Crippen molar-refractivity contribution in [2.24, 2.45) is 0 Å². The van der Waals surface area contributed by atoms with Crippen LogP contribution in [0, 0.1) is 3.57 Å². The molecule has 0 N–H and O–H groups in total. The van der Waals surface area contributed by atoms with Crippen molar-refractivity contribution in [3.8, 4) is 0 Å². The van der Waals surface area contributed by atoms with Gasteiger partial charge in [-0.25, -0.2) is 9.97 Å². The van der Waals surface area contributed by atoms with Gasteiger partial charge in [0, 0.05) is 16.3 Å². The fourth-order valence-corrected chi connectivity index (χ4v) is 5.79. The van der Waals surface area contributed by atoms with Crippen LogP contribution in [0.1, 0.15) is 50.4 Å². The summed E-state index contributed by atoms with van der Waals surface area (Å²) in [6.07, 6.45) is 0. The van der Waals surface area contributed by atoms with Crippen LogP contribution in [0.2, 0.25) is 5.15 Å². The molecule has 0 aromatic carbocycles. The van der Waals surface area contributed by atoms with Crippen molar-refractivity contribution in [3.63, 3.8) is 0 Å². The average Bonchev–Trinajstić information content (AvgIpc) is 2.35. The molecule has 3 atom stereocenters. The van der Waals surface area contributed by atoms with E-state index < -0.39 is 0 Å². The summed E-state index contributed by atoms with van der Waals surface area (Å²) in [4.78, 5) is 9.29. The Balaban J connectivity index is 2.30. The number of halogens is 2. The maximum atomic E-state index is 6.27. The maximum absolute atomic E-state index is 6.27. The number of nitrogens with zero attached hydrogens (tertiary/aromatic N) is 2. The number of hydrogen-bond acceptors (Lipinski definition) is 4. The van der Waals surface area contributed by atoms with Gasteiger partial charge in [-0.2, -0.15) is 11.8 Å². The molecule has 106 valence electrons. The first-order valence-electron chi connectivity index (χ1n) is 6.40. The van der Waals surface area contributed by atoms with Crippen LogP contribution in [0.4, 0.5) is 0 Å². The van der Waals surface area contributed by atoms with Gasteiger partial charge < -0.3 is 0 Å². The molecule has 2 nitrogen and oxygen atoms in total. The SMILES string of the molecule is CC(C)c1nc(C2CSC(C)C(C)S2)nc(Cl)c1I. The molecule has 2 rings (SSSR count). The number of hydrogen-bond donors (Lipinski definition) is 0. The van der Waals surface area contributed by atoms with Crippen LogP contribution < -0.4 is 0 Å². The molecule has 0 spiro atoms. The largest absolute Gasteiger partial charge is 0.235 e. The van der Waals surface area contributed by atoms with Crippen LogP contribution in [0.5, 0.6) is 0 Å². The summed E-state index contributed by atoms with van der Waals surface area (Å²) in [5.41, 5.74) is 1.08. The monoisotopic (exact) mass is 428 g/mol. The first kappa shape index (κ1) is 16.2. The van der Waals surface area contributed by atoms with Crippen LogP contribution in [0.25, 0.3) is 0 Å². The van der Waals surface area contributed by atoms with Crippen LogP contribution >= 0.6 is 57.7 Å². The van der Waals surface area contributed by atoms with Crippen molar-refractivity contribution in [2.45, 2.75) is 49.4 Å². The van der Waals surface area contributed by atoms with Gasteiger partial charge in [0.15, 0.2) is 0 Å². The van der Waals surface area contributed by atoms with E-state index in [0.717, 1.165) is 20.8 Å². The summed E-state index contributed by atoms with van der Waals surface area (Å²) in [6, 6.07) is 0. The molecular weight excluding hydrogens is 411 g/mol. The Bertz CT molecular complexity index is 470. The molecule has 0 aliphatic carbocycles. The Kier molecular flexibility index (Phi) is 5.71. The van der Waals surface area contributed by atoms with Crippen LogP contribution in [0.3, 0.4) is 0 Å². The lowest BCUT2D eigenvalue weighted by atomic mass is 10.1. The summed E-state index contributed by atoms with van der Waals surface area (Å²) in [5.74, 6) is 2.36. The first-order valence-corrected chi connectivity index (χ1v) is 9.84. The van der Waals surface area contributed by atoms with E-state index in [4.69, 9.17) is 16.6 Å². The zero-order valence-corrected chi connectivity index (χ0v) is 16.0. The van der Waals surface area contributed by atoms with Crippen molar-refractivity contribution >= 4 is 57.7 Å². The maximum Gasteiger partial charge on any atom is 0.146 e. The summed E-state index contributed by atoms with van der Waals surface area (Å²) in [7, 11) is 0. The lowest BCUT2D eigenvalue weighted by Gasteiger charge is -2.30. The van der Waals surface area contributed by atoms with Gasteiger partial charge >= 0.3 is 0 Å². The third kappa shape index (κ3) is 3.71. The minimum atomic E-state index is 0.364. The topological polar surface area (TPSA) is 25.8 Å². The smallest absolute Gasteiger partial charge is 0.146 e. The molecule has 2 heterocycles. The van der Waals surface area contributed by atoms with Gasteiger partial charge in [-0.1, -0.05) is 39.3 Å². The molecule has 1 aliphatic heterocycles. The normalized spacial score (nSPS) is 27.8. The molecule has 1 saturated heterocycles. The second-order valence-corrected chi connectivity index (χ2v) is 9.53. The van der Waals surface area contributed by atoms with E-state index in [0.29, 0.717) is 26.8 Å². The highest BCUT2D eigenvalue weighted by molar-refractivity contribution is 14.1. The first-order chi connectivity index (χ1) is 8.90. The molecule has 0 saturated carbocycles. The number of aromatic nitrogens is 2. The second-order valence-electron chi connectivity index (χ2n) is 5.09. The molecule has 1 aliphatic rings. The zero-order chi connectivity index (χ0) is 14.2. The predicted octanol–water partition coefficient (Wildman–Crippen LogP) is 5.16. The highest BCUT2D eigenvalue weighted by Crippen LogP contribution is 2.43. The Morgan fingerprint density at radius 3 is 2.53 bits per heavy atom. The second kappa shape index (κ2) is 6.71. The molecule has 1 aromatic heterocycles. The van der Waals surface area contributed by atoms with Crippen molar-refractivity contribution in [3.05, 3.63) is 20.2 Å². The van der Waals surface area contributed by atoms with E-state index >= 15 is 0 Å². The molecule has 0 radical (unpaired) electrons. The molecule has 1 fully saturated rings. The van der Waals surface area contributed by atoms with Gasteiger partial charge in [0.05, 0.1) is 14.5 Å². The van der Waals surface area contributed by atoms with E-state index in [1.807, 2.05) is 23.5 Å². The molecule has 19 heavy (non-hydrogen) atoms. The molecule has 6 heteroatoms. The Labute approximate surface area is 142 Å². The highest BCUT2D eigenvalue weighted by Gasteiger charge is 2.29. The Hall–Kier alpha value is 0.800. The van der Waals surface area contributed by atoms with Gasteiger partial charge in [-0.3, -0.25) is 0 Å². The van der Waals surface area contributed by atoms with Gasteiger partial charge in [-0.15, -0.1) is 11.8 Å². The summed E-state index contributed by atoms with van der Waals surface area (Å²) < 4.78 is 0.993. The van der Waals surface area contributed by atoms with Crippen molar-refractivity contribution in [2.75, 3.05) is 5.75 Å². The third-order valence-electron chi connectivity index (χ3n) is 3.24. The Morgan fingerprint density at radius 2 is 1.95 bits per heavy atom. The van der Waals surface area contributed by atoms with Gasteiger partial charge in [0.1, 0.15) is 11.0 Å². The van der Waals surface area contributed by atoms with E-state index in [1.165, 1.54) is 0 Å². The quantitative estimate of drug-likeness (QED) is 0.480. The van der Waals surface area contributed by atoms with E-state index in [1.54, 1.807) is 0 Å². The van der Waals surface area contributed by atoms with Gasteiger partial charge in [0.25, 0.3) is 0 Å². The molecular formula is C13H18ClIN2S2. The standard InChI is InChI=1S/C13H18ClIN2S2/c1-6(2)11-10(15)12(14)17-13(16-11)9-5-18-7(3)8(4)19-9/h6-9H,5H2,1-4H3. The van der Waals surface area contributed by atoms with Crippen molar-refractivity contribution in [1.82, 2.24) is 9.97 Å². The average molecular weight is 429 g/mol. The van der Waals surface area contributed by atoms with Gasteiger partial charge in [-0.05, 0) is 28.5 Å². The van der Waals surface area contributed by atoms with Gasteiger partial charge in [0.2, 0.25) is 0 Å². The molecule has 3 unspecified atom stereocenters. The summed E-state index contributed by atoms with van der Waals surface area (Å²) in [5, 5.41) is 2.30.